The first kappa shape index (κ1) is 19.5. The van der Waals surface area contributed by atoms with Crippen molar-refractivity contribution in [1.29, 1.82) is 0 Å². The van der Waals surface area contributed by atoms with Crippen molar-refractivity contribution in [2.75, 3.05) is 13.2 Å². The molecule has 3 fully saturated rings. The number of amides is 2. The van der Waals surface area contributed by atoms with Crippen LogP contribution in [0.3, 0.4) is 0 Å². The molecule has 3 heterocycles. The monoisotopic (exact) mass is 424 g/mol. The zero-order chi connectivity index (χ0) is 20.7. The zero-order valence-electron chi connectivity index (χ0n) is 16.6. The third kappa shape index (κ3) is 3.79. The summed E-state index contributed by atoms with van der Waals surface area (Å²) in [4.78, 5) is 41.1. The molecule has 2 saturated heterocycles. The molecule has 2 aliphatic heterocycles. The third-order valence-corrected chi connectivity index (χ3v) is 7.14. The number of benzene rings is 1. The van der Waals surface area contributed by atoms with E-state index in [2.05, 4.69) is 5.32 Å². The molecule has 1 saturated carbocycles. The van der Waals surface area contributed by atoms with Crippen molar-refractivity contribution in [1.82, 2.24) is 10.2 Å². The van der Waals surface area contributed by atoms with E-state index in [9.17, 15) is 14.4 Å². The molecule has 2 amide bonds. The van der Waals surface area contributed by atoms with Crippen LogP contribution in [0.25, 0.3) is 10.4 Å². The van der Waals surface area contributed by atoms with Crippen LogP contribution in [-0.2, 0) is 14.3 Å². The third-order valence-electron chi connectivity index (χ3n) is 6.22. The summed E-state index contributed by atoms with van der Waals surface area (Å²) in [5, 5.41) is 4.97. The Balaban J connectivity index is 1.30. The first-order chi connectivity index (χ1) is 14.6. The fourth-order valence-electron chi connectivity index (χ4n) is 4.42. The van der Waals surface area contributed by atoms with Gasteiger partial charge in [0, 0.05) is 17.0 Å². The number of hydrogen-bond donors (Lipinski definition) is 1. The Morgan fingerprint density at radius 3 is 2.67 bits per heavy atom. The van der Waals surface area contributed by atoms with Crippen LogP contribution in [0.2, 0.25) is 0 Å². The maximum atomic E-state index is 13.3. The number of hydrogen-bond acceptors (Lipinski definition) is 5. The number of thiophene rings is 1. The molecule has 6 nitrogen and oxygen atoms in total. The largest absolute Gasteiger partial charge is 0.368 e. The van der Waals surface area contributed by atoms with E-state index in [0.717, 1.165) is 23.3 Å². The number of ether oxygens (including phenoxy) is 1. The number of ketones is 1. The molecule has 1 aromatic carbocycles. The minimum Gasteiger partial charge on any atom is -0.368 e. The maximum absolute atomic E-state index is 13.3. The Morgan fingerprint density at radius 2 is 1.97 bits per heavy atom. The predicted octanol–water partition coefficient (Wildman–Crippen LogP) is 2.88. The van der Waals surface area contributed by atoms with Crippen molar-refractivity contribution >= 4 is 28.9 Å². The van der Waals surface area contributed by atoms with Crippen LogP contribution in [0.15, 0.2) is 41.8 Å². The minimum atomic E-state index is -0.603. The highest BCUT2D eigenvalue weighted by atomic mass is 32.1. The summed E-state index contributed by atoms with van der Waals surface area (Å²) in [5.41, 5.74) is 1.60. The standard InChI is InChI=1S/C23H24N2O4S/c26-18-13-29-19-9-10-25(21(18)19)23(28)17(12-14-3-4-14)24-22(27)16-7-5-15(6-8-16)20-2-1-11-30-20/h1-2,5-8,11,14,17,19,21H,3-4,9-10,12-13H2,(H,24,27). The Bertz CT molecular complexity index is 952. The molecule has 0 spiro atoms. The van der Waals surface area contributed by atoms with Crippen LogP contribution in [0.1, 0.15) is 36.0 Å². The van der Waals surface area contributed by atoms with Crippen molar-refractivity contribution in [2.24, 2.45) is 5.92 Å². The van der Waals surface area contributed by atoms with Gasteiger partial charge in [-0.1, -0.05) is 31.0 Å². The van der Waals surface area contributed by atoms with E-state index in [1.165, 1.54) is 0 Å². The van der Waals surface area contributed by atoms with Gasteiger partial charge in [0.05, 0.1) is 6.10 Å². The molecule has 3 aliphatic rings. The van der Waals surface area contributed by atoms with E-state index in [1.54, 1.807) is 28.4 Å². The van der Waals surface area contributed by atoms with Crippen molar-refractivity contribution in [3.8, 4) is 10.4 Å². The fourth-order valence-corrected chi connectivity index (χ4v) is 5.15. The number of rotatable bonds is 6. The van der Waals surface area contributed by atoms with Gasteiger partial charge < -0.3 is 15.0 Å². The average Bonchev–Trinajstić information content (AvgIpc) is 3.13. The number of carbonyl (C=O) groups excluding carboxylic acids is 3. The Labute approximate surface area is 179 Å². The second-order valence-electron chi connectivity index (χ2n) is 8.34. The summed E-state index contributed by atoms with van der Waals surface area (Å²) >= 11 is 1.65. The van der Waals surface area contributed by atoms with Crippen LogP contribution in [0.5, 0.6) is 0 Å². The lowest BCUT2D eigenvalue weighted by molar-refractivity contribution is -0.138. The van der Waals surface area contributed by atoms with Crippen molar-refractivity contribution in [3.05, 3.63) is 47.3 Å². The number of carbonyl (C=O) groups is 3. The van der Waals surface area contributed by atoms with Gasteiger partial charge in [0.1, 0.15) is 18.7 Å². The molecule has 3 unspecified atom stereocenters. The van der Waals surface area contributed by atoms with E-state index in [1.807, 2.05) is 29.6 Å². The van der Waals surface area contributed by atoms with E-state index in [-0.39, 0.29) is 30.3 Å². The van der Waals surface area contributed by atoms with Gasteiger partial charge in [-0.25, -0.2) is 0 Å². The number of nitrogens with one attached hydrogen (secondary N) is 1. The SMILES string of the molecule is O=C(NC(CC1CC1)C(=O)N1CCC2OCC(=O)C21)c1ccc(-c2cccs2)cc1. The van der Waals surface area contributed by atoms with Gasteiger partial charge in [-0.3, -0.25) is 14.4 Å². The van der Waals surface area contributed by atoms with E-state index in [0.29, 0.717) is 30.9 Å². The molecule has 30 heavy (non-hydrogen) atoms. The topological polar surface area (TPSA) is 75.7 Å². The molecular weight excluding hydrogens is 400 g/mol. The van der Waals surface area contributed by atoms with Crippen LogP contribution >= 0.6 is 11.3 Å². The van der Waals surface area contributed by atoms with E-state index in [4.69, 9.17) is 4.74 Å². The molecule has 156 valence electrons. The predicted molar refractivity (Wildman–Crippen MR) is 113 cm³/mol. The molecule has 3 atom stereocenters. The highest BCUT2D eigenvalue weighted by Gasteiger charge is 2.48. The molecule has 5 rings (SSSR count). The molecule has 1 N–H and O–H groups in total. The van der Waals surface area contributed by atoms with Gasteiger partial charge in [0.15, 0.2) is 5.78 Å². The van der Waals surface area contributed by atoms with Gasteiger partial charge in [-0.2, -0.15) is 0 Å². The van der Waals surface area contributed by atoms with Crippen molar-refractivity contribution in [2.45, 2.75) is 43.9 Å². The molecule has 1 aromatic heterocycles. The summed E-state index contributed by atoms with van der Waals surface area (Å²) in [7, 11) is 0. The summed E-state index contributed by atoms with van der Waals surface area (Å²) in [6, 6.07) is 10.4. The van der Waals surface area contributed by atoms with Crippen LogP contribution in [0, 0.1) is 5.92 Å². The normalized spacial score (nSPS) is 24.0. The Hall–Kier alpha value is -2.51. The van der Waals surface area contributed by atoms with Crippen LogP contribution < -0.4 is 5.32 Å². The molecule has 1 aliphatic carbocycles. The smallest absolute Gasteiger partial charge is 0.251 e. The van der Waals surface area contributed by atoms with E-state index < -0.39 is 12.1 Å². The molecule has 0 radical (unpaired) electrons. The summed E-state index contributed by atoms with van der Waals surface area (Å²) in [6.07, 6.45) is 3.28. The van der Waals surface area contributed by atoms with Crippen molar-refractivity contribution in [3.63, 3.8) is 0 Å². The quantitative estimate of drug-likeness (QED) is 0.774. The first-order valence-electron chi connectivity index (χ1n) is 10.5. The average molecular weight is 425 g/mol. The lowest BCUT2D eigenvalue weighted by Crippen LogP contribution is -2.52. The summed E-state index contributed by atoms with van der Waals surface area (Å²) in [5.74, 6) is 0.0224. The summed E-state index contributed by atoms with van der Waals surface area (Å²) < 4.78 is 5.51. The van der Waals surface area contributed by atoms with Gasteiger partial charge in [-0.15, -0.1) is 11.3 Å². The first-order valence-corrected chi connectivity index (χ1v) is 11.4. The highest BCUT2D eigenvalue weighted by Crippen LogP contribution is 2.35. The molecule has 2 aromatic rings. The van der Waals surface area contributed by atoms with Crippen LogP contribution in [-0.4, -0.2) is 53.8 Å². The Morgan fingerprint density at radius 1 is 1.17 bits per heavy atom. The number of fused-ring (bicyclic) bond motifs is 1. The zero-order valence-corrected chi connectivity index (χ0v) is 17.4. The lowest BCUT2D eigenvalue weighted by Gasteiger charge is -2.27. The summed E-state index contributed by atoms with van der Waals surface area (Å²) in [6.45, 7) is 0.585. The molecular formula is C23H24N2O4S. The lowest BCUT2D eigenvalue weighted by atomic mass is 10.1. The second kappa shape index (κ2) is 7.96. The number of likely N-dealkylation sites (tertiary alicyclic amines) is 1. The van der Waals surface area contributed by atoms with Gasteiger partial charge in [-0.05, 0) is 47.9 Å². The van der Waals surface area contributed by atoms with Crippen molar-refractivity contribution < 1.29 is 19.1 Å². The minimum absolute atomic E-state index is 0.0356. The molecule has 7 heteroatoms. The van der Waals surface area contributed by atoms with E-state index >= 15 is 0 Å². The maximum Gasteiger partial charge on any atom is 0.251 e. The van der Waals surface area contributed by atoms with Crippen LogP contribution in [0.4, 0.5) is 0 Å². The van der Waals surface area contributed by atoms with Gasteiger partial charge in [0.2, 0.25) is 5.91 Å². The molecule has 0 bridgehead atoms. The Kier molecular flexibility index (Phi) is 5.16. The fraction of sp³-hybridized carbons (Fsp3) is 0.435. The number of Topliss-reactive ketones (excluding diaryl/α,β-unsaturated/α-hetero) is 1. The second-order valence-corrected chi connectivity index (χ2v) is 9.29. The highest BCUT2D eigenvalue weighted by molar-refractivity contribution is 7.13. The van der Waals surface area contributed by atoms with Gasteiger partial charge in [0.25, 0.3) is 5.91 Å². The number of nitrogens with zero attached hydrogens (tertiary/aromatic N) is 1. The van der Waals surface area contributed by atoms with Gasteiger partial charge >= 0.3 is 0 Å².